The molecule has 20 heavy (non-hydrogen) atoms. The number of rotatable bonds is 7. The Kier molecular flexibility index (Phi) is 4.84. The number of aromatic amines is 1. The zero-order valence-electron chi connectivity index (χ0n) is 11.9. The number of nitrogens with zero attached hydrogens (tertiary/aromatic N) is 1. The van der Waals surface area contributed by atoms with Gasteiger partial charge in [0, 0.05) is 25.0 Å². The van der Waals surface area contributed by atoms with E-state index in [1.165, 1.54) is 0 Å². The first-order valence-electron chi connectivity index (χ1n) is 6.26. The molecular formula is C14H19N3O3. The summed E-state index contributed by atoms with van der Waals surface area (Å²) in [6.07, 6.45) is 1.73. The van der Waals surface area contributed by atoms with Crippen molar-refractivity contribution in [1.82, 2.24) is 15.5 Å². The first-order valence-corrected chi connectivity index (χ1v) is 6.26. The van der Waals surface area contributed by atoms with Crippen LogP contribution in [0.1, 0.15) is 11.3 Å². The molecule has 0 aliphatic carbocycles. The molecule has 108 valence electrons. The van der Waals surface area contributed by atoms with Gasteiger partial charge in [-0.15, -0.1) is 0 Å². The molecule has 0 saturated carbocycles. The van der Waals surface area contributed by atoms with Crippen molar-refractivity contribution >= 4 is 0 Å². The minimum absolute atomic E-state index is 0.604. The monoisotopic (exact) mass is 277 g/mol. The average Bonchev–Trinajstić information content (AvgIpc) is 2.99. The SMILES string of the molecule is COc1cc(CNCc2ccn[nH]2)cc(OC)c1OC. The molecular weight excluding hydrogens is 258 g/mol. The zero-order chi connectivity index (χ0) is 14.4. The number of H-pyrrole nitrogens is 1. The molecule has 0 unspecified atom stereocenters. The summed E-state index contributed by atoms with van der Waals surface area (Å²) in [4.78, 5) is 0. The summed E-state index contributed by atoms with van der Waals surface area (Å²) in [5, 5.41) is 10.1. The van der Waals surface area contributed by atoms with E-state index in [1.807, 2.05) is 18.2 Å². The molecule has 0 radical (unpaired) electrons. The number of hydrogen-bond donors (Lipinski definition) is 2. The summed E-state index contributed by atoms with van der Waals surface area (Å²) in [6, 6.07) is 5.80. The third-order valence-electron chi connectivity index (χ3n) is 2.93. The van der Waals surface area contributed by atoms with E-state index in [1.54, 1.807) is 27.5 Å². The molecule has 1 heterocycles. The number of hydrogen-bond acceptors (Lipinski definition) is 5. The lowest BCUT2D eigenvalue weighted by molar-refractivity contribution is 0.323. The Morgan fingerprint density at radius 2 is 1.75 bits per heavy atom. The van der Waals surface area contributed by atoms with Crippen LogP contribution in [0, 0.1) is 0 Å². The fourth-order valence-corrected chi connectivity index (χ4v) is 1.96. The van der Waals surface area contributed by atoms with Crippen LogP contribution in [-0.4, -0.2) is 31.5 Å². The first-order chi connectivity index (χ1) is 9.78. The molecule has 0 saturated heterocycles. The van der Waals surface area contributed by atoms with Crippen molar-refractivity contribution in [2.75, 3.05) is 21.3 Å². The van der Waals surface area contributed by atoms with Gasteiger partial charge in [-0.1, -0.05) is 0 Å². The third kappa shape index (κ3) is 3.21. The molecule has 6 heteroatoms. The molecule has 2 rings (SSSR count). The Morgan fingerprint density at radius 3 is 2.25 bits per heavy atom. The van der Waals surface area contributed by atoms with Gasteiger partial charge in [0.05, 0.1) is 21.3 Å². The van der Waals surface area contributed by atoms with Crippen LogP contribution in [0.5, 0.6) is 17.2 Å². The van der Waals surface area contributed by atoms with Gasteiger partial charge in [-0.3, -0.25) is 5.10 Å². The molecule has 0 bridgehead atoms. The zero-order valence-corrected chi connectivity index (χ0v) is 11.9. The number of nitrogens with one attached hydrogen (secondary N) is 2. The summed E-state index contributed by atoms with van der Waals surface area (Å²) in [5.41, 5.74) is 2.09. The highest BCUT2D eigenvalue weighted by molar-refractivity contribution is 5.53. The second kappa shape index (κ2) is 6.81. The fraction of sp³-hybridized carbons (Fsp3) is 0.357. The van der Waals surface area contributed by atoms with Gasteiger partial charge in [-0.2, -0.15) is 5.10 Å². The topological polar surface area (TPSA) is 68.4 Å². The van der Waals surface area contributed by atoms with Gasteiger partial charge in [0.2, 0.25) is 5.75 Å². The Bertz CT molecular complexity index is 516. The van der Waals surface area contributed by atoms with Crippen molar-refractivity contribution in [3.05, 3.63) is 35.7 Å². The number of benzene rings is 1. The number of aromatic nitrogens is 2. The van der Waals surface area contributed by atoms with E-state index in [0.29, 0.717) is 23.8 Å². The second-order valence-electron chi connectivity index (χ2n) is 4.22. The van der Waals surface area contributed by atoms with E-state index in [4.69, 9.17) is 14.2 Å². The second-order valence-corrected chi connectivity index (χ2v) is 4.22. The van der Waals surface area contributed by atoms with Crippen LogP contribution < -0.4 is 19.5 Å². The lowest BCUT2D eigenvalue weighted by Crippen LogP contribution is -2.13. The first kappa shape index (κ1) is 14.2. The molecule has 0 spiro atoms. The highest BCUT2D eigenvalue weighted by atomic mass is 16.5. The Morgan fingerprint density at radius 1 is 1.05 bits per heavy atom. The van der Waals surface area contributed by atoms with Crippen molar-refractivity contribution < 1.29 is 14.2 Å². The van der Waals surface area contributed by atoms with Crippen LogP contribution in [0.25, 0.3) is 0 Å². The van der Waals surface area contributed by atoms with Gasteiger partial charge in [-0.25, -0.2) is 0 Å². The summed E-state index contributed by atoms with van der Waals surface area (Å²) in [7, 11) is 4.81. The highest BCUT2D eigenvalue weighted by Gasteiger charge is 2.12. The Balaban J connectivity index is 2.07. The van der Waals surface area contributed by atoms with Crippen molar-refractivity contribution in [2.45, 2.75) is 13.1 Å². The molecule has 2 N–H and O–H groups in total. The van der Waals surface area contributed by atoms with E-state index >= 15 is 0 Å². The van der Waals surface area contributed by atoms with Crippen molar-refractivity contribution in [2.24, 2.45) is 0 Å². The van der Waals surface area contributed by atoms with E-state index in [9.17, 15) is 0 Å². The highest BCUT2D eigenvalue weighted by Crippen LogP contribution is 2.38. The van der Waals surface area contributed by atoms with Gasteiger partial charge in [0.25, 0.3) is 0 Å². The molecule has 0 aliphatic rings. The molecule has 0 amide bonds. The molecule has 6 nitrogen and oxygen atoms in total. The average molecular weight is 277 g/mol. The number of methoxy groups -OCH3 is 3. The van der Waals surface area contributed by atoms with Gasteiger partial charge < -0.3 is 19.5 Å². The Hall–Kier alpha value is -2.21. The van der Waals surface area contributed by atoms with E-state index in [2.05, 4.69) is 15.5 Å². The summed E-state index contributed by atoms with van der Waals surface area (Å²) >= 11 is 0. The normalized spacial score (nSPS) is 10.3. The quantitative estimate of drug-likeness (QED) is 0.806. The van der Waals surface area contributed by atoms with Gasteiger partial charge in [-0.05, 0) is 23.8 Å². The molecule has 0 atom stereocenters. The maximum absolute atomic E-state index is 5.32. The lowest BCUT2D eigenvalue weighted by atomic mass is 10.1. The smallest absolute Gasteiger partial charge is 0.203 e. The maximum atomic E-state index is 5.32. The lowest BCUT2D eigenvalue weighted by Gasteiger charge is -2.14. The molecule has 0 fully saturated rings. The minimum Gasteiger partial charge on any atom is -0.493 e. The van der Waals surface area contributed by atoms with Crippen LogP contribution in [0.3, 0.4) is 0 Å². The molecule has 1 aromatic carbocycles. The van der Waals surface area contributed by atoms with E-state index in [-0.39, 0.29) is 0 Å². The molecule has 2 aromatic rings. The van der Waals surface area contributed by atoms with Crippen molar-refractivity contribution in [1.29, 1.82) is 0 Å². The van der Waals surface area contributed by atoms with Crippen LogP contribution in [0.4, 0.5) is 0 Å². The Labute approximate surface area is 118 Å². The van der Waals surface area contributed by atoms with Gasteiger partial charge in [0.1, 0.15) is 0 Å². The largest absolute Gasteiger partial charge is 0.493 e. The number of ether oxygens (including phenoxy) is 3. The van der Waals surface area contributed by atoms with Crippen molar-refractivity contribution in [3.63, 3.8) is 0 Å². The van der Waals surface area contributed by atoms with Crippen LogP contribution >= 0.6 is 0 Å². The summed E-state index contributed by atoms with van der Waals surface area (Å²) in [5.74, 6) is 1.92. The minimum atomic E-state index is 0.604. The van der Waals surface area contributed by atoms with E-state index < -0.39 is 0 Å². The predicted octanol–water partition coefficient (Wildman–Crippen LogP) is 1.73. The van der Waals surface area contributed by atoms with Crippen LogP contribution in [-0.2, 0) is 13.1 Å². The van der Waals surface area contributed by atoms with Gasteiger partial charge in [0.15, 0.2) is 11.5 Å². The fourth-order valence-electron chi connectivity index (χ4n) is 1.96. The summed E-state index contributed by atoms with van der Waals surface area (Å²) < 4.78 is 15.9. The standard InChI is InChI=1S/C14H19N3O3/c1-18-12-6-10(7-13(19-2)14(12)20-3)8-15-9-11-4-5-16-17-11/h4-7,15H,8-9H2,1-3H3,(H,16,17). The van der Waals surface area contributed by atoms with Gasteiger partial charge >= 0.3 is 0 Å². The predicted molar refractivity (Wildman–Crippen MR) is 75.2 cm³/mol. The third-order valence-corrected chi connectivity index (χ3v) is 2.93. The maximum Gasteiger partial charge on any atom is 0.203 e. The molecule has 0 aliphatic heterocycles. The van der Waals surface area contributed by atoms with Crippen LogP contribution in [0.15, 0.2) is 24.4 Å². The van der Waals surface area contributed by atoms with E-state index in [0.717, 1.165) is 17.8 Å². The summed E-state index contributed by atoms with van der Waals surface area (Å²) in [6.45, 7) is 1.41. The van der Waals surface area contributed by atoms with Crippen LogP contribution in [0.2, 0.25) is 0 Å². The molecule has 1 aromatic heterocycles. The van der Waals surface area contributed by atoms with Crippen molar-refractivity contribution in [3.8, 4) is 17.2 Å².